The molecular weight excluding hydrogens is 366 g/mol. The first kappa shape index (κ1) is 18.9. The number of carboxylic acid groups (broad SMARTS) is 1. The summed E-state index contributed by atoms with van der Waals surface area (Å²) in [6.07, 6.45) is 0.650. The van der Waals surface area contributed by atoms with Crippen LogP contribution in [0.4, 0.5) is 0 Å². The first-order valence-electron chi connectivity index (χ1n) is 9.65. The summed E-state index contributed by atoms with van der Waals surface area (Å²) in [4.78, 5) is 26.7. The van der Waals surface area contributed by atoms with E-state index in [1.807, 2.05) is 61.0 Å². The van der Waals surface area contributed by atoms with Crippen molar-refractivity contribution in [3.63, 3.8) is 0 Å². The largest absolute Gasteiger partial charge is 0.479 e. The molecule has 0 spiro atoms. The molecule has 6 nitrogen and oxygen atoms in total. The average molecular weight is 389 g/mol. The van der Waals surface area contributed by atoms with Gasteiger partial charge in [-0.15, -0.1) is 0 Å². The third-order valence-electron chi connectivity index (χ3n) is 5.39. The monoisotopic (exact) mass is 389 g/mol. The normalized spacial score (nSPS) is 15.8. The van der Waals surface area contributed by atoms with E-state index < -0.39 is 12.0 Å². The Kier molecular flexibility index (Phi) is 4.92. The van der Waals surface area contributed by atoms with Crippen molar-refractivity contribution in [1.29, 1.82) is 0 Å². The van der Waals surface area contributed by atoms with E-state index in [4.69, 9.17) is 0 Å². The maximum absolute atomic E-state index is 13.2. The van der Waals surface area contributed by atoms with Crippen LogP contribution in [0.1, 0.15) is 44.5 Å². The van der Waals surface area contributed by atoms with Crippen LogP contribution < -0.4 is 0 Å². The maximum atomic E-state index is 13.2. The molecule has 2 aromatic carbocycles. The van der Waals surface area contributed by atoms with Gasteiger partial charge in [-0.1, -0.05) is 36.4 Å². The van der Waals surface area contributed by atoms with E-state index in [-0.39, 0.29) is 5.91 Å². The Labute approximate surface area is 169 Å². The van der Waals surface area contributed by atoms with Crippen molar-refractivity contribution in [2.24, 2.45) is 0 Å². The fraction of sp³-hybridized carbons (Fsp3) is 0.261. The number of benzene rings is 2. The zero-order chi connectivity index (χ0) is 20.5. The highest BCUT2D eigenvalue weighted by molar-refractivity contribution is 5.97. The lowest BCUT2D eigenvalue weighted by Gasteiger charge is -2.34. The quantitative estimate of drug-likeness (QED) is 0.742. The van der Waals surface area contributed by atoms with E-state index in [1.165, 1.54) is 4.90 Å². The number of carboxylic acids is 1. The van der Waals surface area contributed by atoms with E-state index >= 15 is 0 Å². The van der Waals surface area contributed by atoms with Crippen LogP contribution in [0, 0.1) is 13.8 Å². The van der Waals surface area contributed by atoms with Gasteiger partial charge >= 0.3 is 5.97 Å². The predicted molar refractivity (Wildman–Crippen MR) is 109 cm³/mol. The molecule has 2 heterocycles. The van der Waals surface area contributed by atoms with Gasteiger partial charge in [0, 0.05) is 17.8 Å². The van der Waals surface area contributed by atoms with E-state index in [9.17, 15) is 14.7 Å². The highest BCUT2D eigenvalue weighted by Crippen LogP contribution is 2.31. The van der Waals surface area contributed by atoms with Crippen LogP contribution in [-0.4, -0.2) is 38.2 Å². The smallest absolute Gasteiger partial charge is 0.331 e. The van der Waals surface area contributed by atoms with Gasteiger partial charge in [-0.25, -0.2) is 4.79 Å². The Balaban J connectivity index is 1.62. The van der Waals surface area contributed by atoms with Crippen LogP contribution in [0.15, 0.2) is 54.6 Å². The van der Waals surface area contributed by atoms with Crippen LogP contribution >= 0.6 is 0 Å². The zero-order valence-electron chi connectivity index (χ0n) is 16.5. The summed E-state index contributed by atoms with van der Waals surface area (Å²) in [6.45, 7) is 4.89. The number of amides is 1. The van der Waals surface area contributed by atoms with Gasteiger partial charge in [0.15, 0.2) is 6.04 Å². The lowest BCUT2D eigenvalue weighted by molar-refractivity contribution is -0.143. The molecule has 0 saturated heterocycles. The van der Waals surface area contributed by atoms with Gasteiger partial charge in [0.1, 0.15) is 0 Å². The number of rotatable bonds is 4. The second kappa shape index (κ2) is 7.54. The number of carbonyl (C=O) groups is 2. The number of carbonyl (C=O) groups excluding carboxylic acids is 1. The Morgan fingerprint density at radius 3 is 2.62 bits per heavy atom. The summed E-state index contributed by atoms with van der Waals surface area (Å²) in [5.74, 6) is -1.27. The minimum Gasteiger partial charge on any atom is -0.479 e. The van der Waals surface area contributed by atoms with Crippen LogP contribution in [0.2, 0.25) is 0 Å². The van der Waals surface area contributed by atoms with E-state index in [0.29, 0.717) is 30.6 Å². The molecule has 1 atom stereocenters. The van der Waals surface area contributed by atoms with Gasteiger partial charge in [-0.2, -0.15) is 5.10 Å². The van der Waals surface area contributed by atoms with Gasteiger partial charge < -0.3 is 10.0 Å². The van der Waals surface area contributed by atoms with Crippen LogP contribution in [0.3, 0.4) is 0 Å². The van der Waals surface area contributed by atoms with Crippen molar-refractivity contribution < 1.29 is 14.7 Å². The van der Waals surface area contributed by atoms with Gasteiger partial charge in [0.25, 0.3) is 5.91 Å². The van der Waals surface area contributed by atoms with Crippen molar-refractivity contribution >= 4 is 11.9 Å². The molecule has 148 valence electrons. The summed E-state index contributed by atoms with van der Waals surface area (Å²) in [5.41, 5.74) is 5.13. The molecule has 6 heteroatoms. The van der Waals surface area contributed by atoms with Crippen molar-refractivity contribution in [3.05, 3.63) is 88.2 Å². The SMILES string of the molecule is Cc1cc(C)n(Cc2cccc(C(=O)N3CCc4ccccc4C3C(=O)O)c2)n1. The highest BCUT2D eigenvalue weighted by atomic mass is 16.4. The minimum absolute atomic E-state index is 0.262. The lowest BCUT2D eigenvalue weighted by Crippen LogP contribution is -2.43. The molecule has 1 aliphatic rings. The summed E-state index contributed by atoms with van der Waals surface area (Å²) in [6, 6.07) is 15.9. The molecule has 0 fully saturated rings. The fourth-order valence-electron chi connectivity index (χ4n) is 4.03. The number of hydrogen-bond donors (Lipinski definition) is 1. The summed E-state index contributed by atoms with van der Waals surface area (Å²) < 4.78 is 1.90. The van der Waals surface area contributed by atoms with E-state index in [0.717, 1.165) is 22.5 Å². The third-order valence-corrected chi connectivity index (χ3v) is 5.39. The topological polar surface area (TPSA) is 75.4 Å². The van der Waals surface area contributed by atoms with Crippen molar-refractivity contribution in [1.82, 2.24) is 14.7 Å². The summed E-state index contributed by atoms with van der Waals surface area (Å²) in [7, 11) is 0. The highest BCUT2D eigenvalue weighted by Gasteiger charge is 2.36. The van der Waals surface area contributed by atoms with Crippen LogP contribution in [0.25, 0.3) is 0 Å². The molecule has 1 aromatic heterocycles. The number of hydrogen-bond acceptors (Lipinski definition) is 3. The number of aryl methyl sites for hydroxylation is 2. The minimum atomic E-state index is -1.01. The average Bonchev–Trinajstić information content (AvgIpc) is 3.03. The molecule has 1 N–H and O–H groups in total. The Bertz CT molecular complexity index is 1090. The van der Waals surface area contributed by atoms with Crippen LogP contribution in [0.5, 0.6) is 0 Å². The first-order valence-corrected chi connectivity index (χ1v) is 9.65. The van der Waals surface area contributed by atoms with Crippen molar-refractivity contribution in [3.8, 4) is 0 Å². The molecule has 0 saturated carbocycles. The van der Waals surface area contributed by atoms with Gasteiger partial charge in [0.2, 0.25) is 0 Å². The third kappa shape index (κ3) is 3.66. The molecule has 4 rings (SSSR count). The van der Waals surface area contributed by atoms with Gasteiger partial charge in [-0.05, 0) is 55.2 Å². The Morgan fingerprint density at radius 1 is 1.10 bits per heavy atom. The Morgan fingerprint density at radius 2 is 1.90 bits per heavy atom. The number of fused-ring (bicyclic) bond motifs is 1. The van der Waals surface area contributed by atoms with Gasteiger partial charge in [-0.3, -0.25) is 9.48 Å². The summed E-state index contributed by atoms with van der Waals surface area (Å²) in [5, 5.41) is 14.3. The molecule has 0 aliphatic carbocycles. The molecular formula is C23H23N3O3. The molecule has 1 amide bonds. The van der Waals surface area contributed by atoms with Crippen LogP contribution in [-0.2, 0) is 17.8 Å². The van der Waals surface area contributed by atoms with Gasteiger partial charge in [0.05, 0.1) is 12.2 Å². The molecule has 3 aromatic rings. The second-order valence-electron chi connectivity index (χ2n) is 7.47. The number of aromatic nitrogens is 2. The lowest BCUT2D eigenvalue weighted by atomic mass is 9.92. The molecule has 1 aliphatic heterocycles. The second-order valence-corrected chi connectivity index (χ2v) is 7.47. The van der Waals surface area contributed by atoms with E-state index in [1.54, 1.807) is 12.1 Å². The maximum Gasteiger partial charge on any atom is 0.331 e. The summed E-state index contributed by atoms with van der Waals surface area (Å²) >= 11 is 0. The first-order chi connectivity index (χ1) is 13.9. The van der Waals surface area contributed by atoms with Crippen molar-refractivity contribution in [2.75, 3.05) is 6.54 Å². The van der Waals surface area contributed by atoms with Crippen molar-refractivity contribution in [2.45, 2.75) is 32.9 Å². The predicted octanol–water partition coefficient (Wildman–Crippen LogP) is 3.37. The standard InChI is InChI=1S/C23H23N3O3/c1-15-12-16(2)26(24-15)14-17-6-5-8-19(13-17)22(27)25-11-10-18-7-3-4-9-20(18)21(25)23(28)29/h3-9,12-13,21H,10-11,14H2,1-2H3,(H,28,29). The van der Waals surface area contributed by atoms with E-state index in [2.05, 4.69) is 5.10 Å². The number of aliphatic carboxylic acids is 1. The zero-order valence-corrected chi connectivity index (χ0v) is 16.5. The molecule has 1 unspecified atom stereocenters. The Hall–Kier alpha value is -3.41. The molecule has 0 bridgehead atoms. The fourth-order valence-corrected chi connectivity index (χ4v) is 4.03. The number of nitrogens with zero attached hydrogens (tertiary/aromatic N) is 3. The molecule has 29 heavy (non-hydrogen) atoms. The molecule has 0 radical (unpaired) electrons.